The standard InChI is InChI=1S/C19H19FN4OS/c1-12-8-4-5-9-14(12)17-22-23-19(24(17)3)26-13(2)18(25)21-16-11-7-6-10-15(16)20/h4-11,13H,1-3H3,(H,21,25)/t13-/m1/s1. The molecule has 3 rings (SSSR count). The van der Waals surface area contributed by atoms with Crippen molar-refractivity contribution in [2.75, 3.05) is 5.32 Å². The van der Waals surface area contributed by atoms with Crippen molar-refractivity contribution in [1.29, 1.82) is 0 Å². The van der Waals surface area contributed by atoms with Crippen LogP contribution in [-0.4, -0.2) is 25.9 Å². The van der Waals surface area contributed by atoms with E-state index in [1.807, 2.05) is 42.8 Å². The van der Waals surface area contributed by atoms with Gasteiger partial charge in [-0.15, -0.1) is 10.2 Å². The van der Waals surface area contributed by atoms with Gasteiger partial charge in [0.15, 0.2) is 11.0 Å². The molecule has 134 valence electrons. The van der Waals surface area contributed by atoms with Crippen LogP contribution in [0.15, 0.2) is 53.7 Å². The molecule has 0 spiro atoms. The van der Waals surface area contributed by atoms with Gasteiger partial charge in [0.05, 0.1) is 10.9 Å². The highest BCUT2D eigenvalue weighted by atomic mass is 32.2. The van der Waals surface area contributed by atoms with Crippen molar-refractivity contribution in [3.63, 3.8) is 0 Å². The normalized spacial score (nSPS) is 12.0. The predicted octanol–water partition coefficient (Wildman–Crippen LogP) is 4.05. The molecule has 0 fully saturated rings. The molecule has 0 saturated carbocycles. The molecule has 0 saturated heterocycles. The predicted molar refractivity (Wildman–Crippen MR) is 102 cm³/mol. The van der Waals surface area contributed by atoms with Gasteiger partial charge in [-0.2, -0.15) is 0 Å². The first-order chi connectivity index (χ1) is 12.5. The number of thioether (sulfide) groups is 1. The highest BCUT2D eigenvalue weighted by Gasteiger charge is 2.20. The van der Waals surface area contributed by atoms with Crippen LogP contribution in [0.1, 0.15) is 12.5 Å². The number of aromatic nitrogens is 3. The Labute approximate surface area is 155 Å². The molecule has 0 aliphatic carbocycles. The van der Waals surface area contributed by atoms with Crippen LogP contribution >= 0.6 is 11.8 Å². The van der Waals surface area contributed by atoms with Gasteiger partial charge in [0.2, 0.25) is 5.91 Å². The van der Waals surface area contributed by atoms with Gasteiger partial charge in [-0.25, -0.2) is 4.39 Å². The van der Waals surface area contributed by atoms with Gasteiger partial charge in [-0.3, -0.25) is 4.79 Å². The Morgan fingerprint density at radius 3 is 2.58 bits per heavy atom. The summed E-state index contributed by atoms with van der Waals surface area (Å²) in [6.45, 7) is 3.77. The Morgan fingerprint density at radius 2 is 1.85 bits per heavy atom. The van der Waals surface area contributed by atoms with Gasteiger partial charge in [-0.05, 0) is 31.5 Å². The van der Waals surface area contributed by atoms with Crippen LogP contribution in [0.25, 0.3) is 11.4 Å². The lowest BCUT2D eigenvalue weighted by Gasteiger charge is -2.12. The van der Waals surface area contributed by atoms with Crippen molar-refractivity contribution in [3.05, 3.63) is 59.9 Å². The molecule has 1 amide bonds. The molecular formula is C19H19FN4OS. The summed E-state index contributed by atoms with van der Waals surface area (Å²) in [5, 5.41) is 11.2. The molecule has 5 nitrogen and oxygen atoms in total. The lowest BCUT2D eigenvalue weighted by molar-refractivity contribution is -0.115. The number of nitrogens with zero attached hydrogens (tertiary/aromatic N) is 3. The summed E-state index contributed by atoms with van der Waals surface area (Å²) in [6.07, 6.45) is 0. The third kappa shape index (κ3) is 3.77. The number of aryl methyl sites for hydroxylation is 1. The van der Waals surface area contributed by atoms with Crippen molar-refractivity contribution >= 4 is 23.4 Å². The van der Waals surface area contributed by atoms with E-state index in [4.69, 9.17) is 0 Å². The van der Waals surface area contributed by atoms with Gasteiger partial charge >= 0.3 is 0 Å². The minimum absolute atomic E-state index is 0.170. The maximum Gasteiger partial charge on any atom is 0.237 e. The van der Waals surface area contributed by atoms with Gasteiger partial charge in [0.25, 0.3) is 0 Å². The summed E-state index contributed by atoms with van der Waals surface area (Å²) in [4.78, 5) is 12.4. The van der Waals surface area contributed by atoms with Crippen LogP contribution in [0.4, 0.5) is 10.1 Å². The monoisotopic (exact) mass is 370 g/mol. The second kappa shape index (κ2) is 7.70. The third-order valence-electron chi connectivity index (χ3n) is 4.00. The number of hydrogen-bond donors (Lipinski definition) is 1. The molecule has 0 radical (unpaired) electrons. The van der Waals surface area contributed by atoms with E-state index >= 15 is 0 Å². The van der Waals surface area contributed by atoms with Crippen LogP contribution in [0.2, 0.25) is 0 Å². The number of benzene rings is 2. The zero-order chi connectivity index (χ0) is 18.7. The Kier molecular flexibility index (Phi) is 5.37. The minimum atomic E-state index is -0.460. The van der Waals surface area contributed by atoms with E-state index in [1.54, 1.807) is 19.1 Å². The fraction of sp³-hybridized carbons (Fsp3) is 0.211. The fourth-order valence-corrected chi connectivity index (χ4v) is 3.30. The number of halogens is 1. The summed E-state index contributed by atoms with van der Waals surface area (Å²) in [7, 11) is 1.87. The van der Waals surface area contributed by atoms with Crippen LogP contribution < -0.4 is 5.32 Å². The van der Waals surface area contributed by atoms with E-state index in [0.717, 1.165) is 17.0 Å². The van der Waals surface area contributed by atoms with Gasteiger partial charge in [0.1, 0.15) is 5.82 Å². The lowest BCUT2D eigenvalue weighted by atomic mass is 10.1. The first-order valence-electron chi connectivity index (χ1n) is 8.15. The smallest absolute Gasteiger partial charge is 0.237 e. The van der Waals surface area contributed by atoms with Crippen molar-refractivity contribution in [2.45, 2.75) is 24.3 Å². The summed E-state index contributed by atoms with van der Waals surface area (Å²) < 4.78 is 15.5. The number of anilines is 1. The van der Waals surface area contributed by atoms with E-state index in [2.05, 4.69) is 15.5 Å². The van der Waals surface area contributed by atoms with E-state index in [-0.39, 0.29) is 11.6 Å². The Balaban J connectivity index is 1.74. The van der Waals surface area contributed by atoms with E-state index in [0.29, 0.717) is 5.16 Å². The van der Waals surface area contributed by atoms with E-state index in [1.165, 1.54) is 23.9 Å². The van der Waals surface area contributed by atoms with Crippen molar-refractivity contribution < 1.29 is 9.18 Å². The summed E-state index contributed by atoms with van der Waals surface area (Å²) >= 11 is 1.28. The van der Waals surface area contributed by atoms with Crippen molar-refractivity contribution in [1.82, 2.24) is 14.8 Å². The van der Waals surface area contributed by atoms with Crippen LogP contribution in [0.5, 0.6) is 0 Å². The molecule has 3 aromatic rings. The Morgan fingerprint density at radius 1 is 1.15 bits per heavy atom. The first-order valence-corrected chi connectivity index (χ1v) is 9.02. The molecule has 2 aromatic carbocycles. The van der Waals surface area contributed by atoms with Crippen molar-refractivity contribution in [2.24, 2.45) is 7.05 Å². The van der Waals surface area contributed by atoms with E-state index < -0.39 is 11.1 Å². The molecule has 0 bridgehead atoms. The second-order valence-electron chi connectivity index (χ2n) is 5.91. The lowest BCUT2D eigenvalue weighted by Crippen LogP contribution is -2.23. The number of carbonyl (C=O) groups excluding carboxylic acids is 1. The van der Waals surface area contributed by atoms with Gasteiger partial charge in [0, 0.05) is 12.6 Å². The number of amides is 1. The molecule has 1 atom stereocenters. The maximum absolute atomic E-state index is 13.7. The summed E-state index contributed by atoms with van der Waals surface area (Å²) in [5.74, 6) is -0.00796. The second-order valence-corrected chi connectivity index (χ2v) is 7.22. The number of hydrogen-bond acceptors (Lipinski definition) is 4. The average molecular weight is 370 g/mol. The topological polar surface area (TPSA) is 59.8 Å². The van der Waals surface area contributed by atoms with Crippen LogP contribution in [0, 0.1) is 12.7 Å². The average Bonchev–Trinajstić information content (AvgIpc) is 2.98. The zero-order valence-electron chi connectivity index (χ0n) is 14.7. The summed E-state index contributed by atoms with van der Waals surface area (Å²) in [6, 6.07) is 14.0. The summed E-state index contributed by atoms with van der Waals surface area (Å²) in [5.41, 5.74) is 2.27. The molecule has 1 heterocycles. The highest BCUT2D eigenvalue weighted by Crippen LogP contribution is 2.27. The molecule has 0 unspecified atom stereocenters. The zero-order valence-corrected chi connectivity index (χ0v) is 15.5. The van der Waals surface area contributed by atoms with Gasteiger partial charge < -0.3 is 9.88 Å². The molecule has 7 heteroatoms. The molecular weight excluding hydrogens is 351 g/mol. The van der Waals surface area contributed by atoms with E-state index in [9.17, 15) is 9.18 Å². The fourth-order valence-electron chi connectivity index (χ4n) is 2.48. The molecule has 0 aliphatic rings. The Hall–Kier alpha value is -2.67. The quantitative estimate of drug-likeness (QED) is 0.689. The van der Waals surface area contributed by atoms with Crippen LogP contribution in [-0.2, 0) is 11.8 Å². The van der Waals surface area contributed by atoms with Gasteiger partial charge in [-0.1, -0.05) is 48.2 Å². The van der Waals surface area contributed by atoms with Crippen molar-refractivity contribution in [3.8, 4) is 11.4 Å². The number of para-hydroxylation sites is 1. The maximum atomic E-state index is 13.7. The Bertz CT molecular complexity index is 941. The molecule has 26 heavy (non-hydrogen) atoms. The number of carbonyl (C=O) groups is 1. The number of nitrogens with one attached hydrogen (secondary N) is 1. The number of rotatable bonds is 5. The molecule has 1 aromatic heterocycles. The molecule has 1 N–H and O–H groups in total. The largest absolute Gasteiger partial charge is 0.323 e. The third-order valence-corrected chi connectivity index (χ3v) is 5.14. The highest BCUT2D eigenvalue weighted by molar-refractivity contribution is 8.00. The SMILES string of the molecule is Cc1ccccc1-c1nnc(S[C@H](C)C(=O)Nc2ccccc2F)n1C. The molecule has 0 aliphatic heterocycles. The minimum Gasteiger partial charge on any atom is -0.323 e. The van der Waals surface area contributed by atoms with Crippen LogP contribution in [0.3, 0.4) is 0 Å². The first kappa shape index (κ1) is 18.1.